The van der Waals surface area contributed by atoms with E-state index in [4.69, 9.17) is 0 Å². The highest BCUT2D eigenvalue weighted by molar-refractivity contribution is 7.12. The summed E-state index contributed by atoms with van der Waals surface area (Å²) >= 11 is 1.69. The second-order valence-corrected chi connectivity index (χ2v) is 6.75. The second kappa shape index (κ2) is 5.85. The zero-order valence-electron chi connectivity index (χ0n) is 12.9. The monoisotopic (exact) mass is 308 g/mol. The molecule has 0 saturated heterocycles. The molecule has 0 fully saturated rings. The maximum Gasteiger partial charge on any atom is 0.334 e. The number of thiophene rings is 1. The van der Waals surface area contributed by atoms with Gasteiger partial charge < -0.3 is 5.32 Å². The molecule has 1 unspecified atom stereocenters. The normalized spacial score (nSPS) is 12.7. The van der Waals surface area contributed by atoms with Gasteiger partial charge in [-0.1, -0.05) is 13.8 Å². The van der Waals surface area contributed by atoms with Gasteiger partial charge in [0.05, 0.1) is 11.0 Å². The Bertz CT molecular complexity index is 660. The van der Waals surface area contributed by atoms with Gasteiger partial charge in [0.1, 0.15) is 5.69 Å². The van der Waals surface area contributed by atoms with Gasteiger partial charge in [0.25, 0.3) is 0 Å². The predicted molar refractivity (Wildman–Crippen MR) is 85.0 cm³/mol. The van der Waals surface area contributed by atoms with Crippen molar-refractivity contribution in [1.29, 1.82) is 0 Å². The topological polar surface area (TPSA) is 73.0 Å². The summed E-state index contributed by atoms with van der Waals surface area (Å²) in [5.41, 5.74) is 0.590. The van der Waals surface area contributed by atoms with Gasteiger partial charge in [-0.15, -0.1) is 11.3 Å². The minimum absolute atomic E-state index is 0.00203. The Hall–Kier alpha value is -1.89. The molecule has 114 valence electrons. The molecule has 21 heavy (non-hydrogen) atoms. The summed E-state index contributed by atoms with van der Waals surface area (Å²) in [6, 6.07) is 4.09. The number of aryl methyl sites for hydroxylation is 2. The van der Waals surface area contributed by atoms with Gasteiger partial charge in [-0.05, 0) is 26.0 Å². The quantitative estimate of drug-likeness (QED) is 0.669. The lowest BCUT2D eigenvalue weighted by atomic mass is 10.1. The van der Waals surface area contributed by atoms with Gasteiger partial charge in [0.15, 0.2) is 0 Å². The first-order valence-corrected chi connectivity index (χ1v) is 7.67. The zero-order valence-corrected chi connectivity index (χ0v) is 13.7. The first-order chi connectivity index (χ1) is 9.81. The Morgan fingerprint density at radius 3 is 2.52 bits per heavy atom. The van der Waals surface area contributed by atoms with E-state index in [1.165, 1.54) is 4.88 Å². The van der Waals surface area contributed by atoms with E-state index >= 15 is 0 Å². The van der Waals surface area contributed by atoms with E-state index < -0.39 is 0 Å². The zero-order chi connectivity index (χ0) is 15.7. The molecular weight excluding hydrogens is 288 g/mol. The van der Waals surface area contributed by atoms with Crippen LogP contribution in [0.4, 0.5) is 11.5 Å². The third kappa shape index (κ3) is 3.07. The Kier molecular flexibility index (Phi) is 4.32. The van der Waals surface area contributed by atoms with Gasteiger partial charge in [-0.2, -0.15) is 5.10 Å². The molecule has 6 nitrogen and oxygen atoms in total. The summed E-state index contributed by atoms with van der Waals surface area (Å²) in [6.07, 6.45) is 0. The number of nitro groups is 1. The van der Waals surface area contributed by atoms with Crippen LogP contribution < -0.4 is 5.32 Å². The molecule has 0 amide bonds. The number of nitrogens with zero attached hydrogens (tertiary/aromatic N) is 3. The number of hydrogen-bond acceptors (Lipinski definition) is 5. The van der Waals surface area contributed by atoms with E-state index in [-0.39, 0.29) is 22.6 Å². The fourth-order valence-corrected chi connectivity index (χ4v) is 3.11. The van der Waals surface area contributed by atoms with Crippen molar-refractivity contribution in [3.63, 3.8) is 0 Å². The average molecular weight is 308 g/mol. The van der Waals surface area contributed by atoms with Crippen molar-refractivity contribution in [3.8, 4) is 0 Å². The summed E-state index contributed by atoms with van der Waals surface area (Å²) in [5, 5.41) is 18.9. The maximum absolute atomic E-state index is 11.4. The Labute approximate surface area is 127 Å². The molecule has 2 aromatic heterocycles. The Morgan fingerprint density at radius 1 is 1.38 bits per heavy atom. The molecule has 0 aliphatic heterocycles. The number of aromatic nitrogens is 2. The molecule has 0 bridgehead atoms. The molecule has 1 atom stereocenters. The first-order valence-electron chi connectivity index (χ1n) is 6.85. The van der Waals surface area contributed by atoms with Crippen LogP contribution in [0.25, 0.3) is 0 Å². The molecule has 2 heterocycles. The number of rotatable bonds is 5. The fraction of sp³-hybridized carbons (Fsp3) is 0.500. The smallest absolute Gasteiger partial charge is 0.334 e. The highest BCUT2D eigenvalue weighted by atomic mass is 32.1. The lowest BCUT2D eigenvalue weighted by molar-refractivity contribution is -0.384. The number of anilines is 1. The van der Waals surface area contributed by atoms with Crippen molar-refractivity contribution in [2.75, 3.05) is 5.32 Å². The SMILES string of the molecule is Cc1ccc(C(C)Nc2c([N+](=O)[O-])c(C(C)C)nn2C)s1. The van der Waals surface area contributed by atoms with Crippen molar-refractivity contribution in [1.82, 2.24) is 9.78 Å². The number of nitrogens with one attached hydrogen (secondary N) is 1. The molecular formula is C14H20N4O2S. The van der Waals surface area contributed by atoms with Gasteiger partial charge in [-0.25, -0.2) is 4.68 Å². The van der Waals surface area contributed by atoms with Crippen LogP contribution in [0.2, 0.25) is 0 Å². The molecule has 1 N–H and O–H groups in total. The molecule has 0 spiro atoms. The standard InChI is InChI=1S/C14H20N4O2S/c1-8(2)12-13(18(19)20)14(17(5)16-12)15-10(4)11-7-6-9(3)21-11/h6-8,10,15H,1-5H3. The second-order valence-electron chi connectivity index (χ2n) is 5.43. The molecule has 0 saturated carbocycles. The molecule has 2 rings (SSSR count). The summed E-state index contributed by atoms with van der Waals surface area (Å²) < 4.78 is 1.56. The Balaban J connectivity index is 2.37. The minimum Gasteiger partial charge on any atom is -0.357 e. The summed E-state index contributed by atoms with van der Waals surface area (Å²) in [7, 11) is 1.73. The highest BCUT2D eigenvalue weighted by Crippen LogP contribution is 2.35. The highest BCUT2D eigenvalue weighted by Gasteiger charge is 2.29. The van der Waals surface area contributed by atoms with Gasteiger partial charge in [0.2, 0.25) is 5.82 Å². The van der Waals surface area contributed by atoms with Crippen LogP contribution >= 0.6 is 11.3 Å². The lowest BCUT2D eigenvalue weighted by Crippen LogP contribution is -2.10. The van der Waals surface area contributed by atoms with Crippen molar-refractivity contribution < 1.29 is 4.92 Å². The van der Waals surface area contributed by atoms with Crippen LogP contribution in [0.3, 0.4) is 0 Å². The molecule has 0 aliphatic carbocycles. The van der Waals surface area contributed by atoms with E-state index in [0.29, 0.717) is 11.5 Å². The third-order valence-electron chi connectivity index (χ3n) is 3.32. The van der Waals surface area contributed by atoms with Crippen LogP contribution in [0, 0.1) is 17.0 Å². The third-order valence-corrected chi connectivity index (χ3v) is 4.50. The predicted octanol–water partition coefficient (Wildman–Crippen LogP) is 3.99. The molecule has 0 aliphatic rings. The summed E-state index contributed by atoms with van der Waals surface area (Å²) in [4.78, 5) is 13.4. The molecule has 0 radical (unpaired) electrons. The lowest BCUT2D eigenvalue weighted by Gasteiger charge is -2.13. The Morgan fingerprint density at radius 2 is 2.05 bits per heavy atom. The van der Waals surface area contributed by atoms with Crippen molar-refractivity contribution in [3.05, 3.63) is 37.7 Å². The van der Waals surface area contributed by atoms with E-state index in [0.717, 1.165) is 4.88 Å². The number of hydrogen-bond donors (Lipinski definition) is 1. The maximum atomic E-state index is 11.4. The van der Waals surface area contributed by atoms with Crippen LogP contribution in [0.15, 0.2) is 12.1 Å². The van der Waals surface area contributed by atoms with Gasteiger partial charge >= 0.3 is 5.69 Å². The summed E-state index contributed by atoms with van der Waals surface area (Å²) in [5.74, 6) is 0.466. The van der Waals surface area contributed by atoms with Crippen LogP contribution in [0.5, 0.6) is 0 Å². The fourth-order valence-electron chi connectivity index (χ4n) is 2.23. The van der Waals surface area contributed by atoms with Crippen molar-refractivity contribution in [2.24, 2.45) is 7.05 Å². The van der Waals surface area contributed by atoms with E-state index in [1.54, 1.807) is 23.1 Å². The van der Waals surface area contributed by atoms with Crippen LogP contribution in [-0.2, 0) is 7.05 Å². The van der Waals surface area contributed by atoms with Crippen molar-refractivity contribution >= 4 is 22.8 Å². The van der Waals surface area contributed by atoms with Crippen LogP contribution in [0.1, 0.15) is 48.2 Å². The first kappa shape index (κ1) is 15.5. The van der Waals surface area contributed by atoms with Gasteiger partial charge in [-0.3, -0.25) is 10.1 Å². The molecule has 0 aromatic carbocycles. The van der Waals surface area contributed by atoms with E-state index in [1.807, 2.05) is 33.8 Å². The van der Waals surface area contributed by atoms with Crippen molar-refractivity contribution in [2.45, 2.75) is 39.7 Å². The van der Waals surface area contributed by atoms with E-state index in [9.17, 15) is 10.1 Å². The average Bonchev–Trinajstić information content (AvgIpc) is 2.94. The van der Waals surface area contributed by atoms with Gasteiger partial charge in [0, 0.05) is 22.7 Å². The summed E-state index contributed by atoms with van der Waals surface area (Å²) in [6.45, 7) is 7.86. The molecule has 2 aromatic rings. The van der Waals surface area contributed by atoms with Crippen LogP contribution in [-0.4, -0.2) is 14.7 Å². The largest absolute Gasteiger partial charge is 0.357 e. The minimum atomic E-state index is -0.350. The molecule has 7 heteroatoms. The van der Waals surface area contributed by atoms with E-state index in [2.05, 4.69) is 16.5 Å².